The Morgan fingerprint density at radius 1 is 1.56 bits per heavy atom. The monoisotopic (exact) mass is 222 g/mol. The van der Waals surface area contributed by atoms with Crippen LogP contribution in [0.2, 0.25) is 0 Å². The van der Waals surface area contributed by atoms with Crippen molar-refractivity contribution in [3.63, 3.8) is 0 Å². The molecule has 0 atom stereocenters. The Hall–Kier alpha value is -1.42. The molecule has 0 bridgehead atoms. The predicted octanol–water partition coefficient (Wildman–Crippen LogP) is 1.77. The van der Waals surface area contributed by atoms with Gasteiger partial charge in [-0.3, -0.25) is 14.7 Å². The predicted molar refractivity (Wildman–Crippen MR) is 62.0 cm³/mol. The summed E-state index contributed by atoms with van der Waals surface area (Å²) in [6, 6.07) is 3.81. The molecule has 0 unspecified atom stereocenters. The summed E-state index contributed by atoms with van der Waals surface area (Å²) in [4.78, 5) is 17.1. The summed E-state index contributed by atoms with van der Waals surface area (Å²) in [7, 11) is 0. The Bertz CT molecular complexity index is 349. The first-order valence-corrected chi connectivity index (χ1v) is 5.35. The molecular weight excluding hydrogens is 204 g/mol. The van der Waals surface area contributed by atoms with Crippen LogP contribution in [0.3, 0.4) is 0 Å². The van der Waals surface area contributed by atoms with Crippen molar-refractivity contribution in [2.75, 3.05) is 6.54 Å². The van der Waals surface area contributed by atoms with E-state index in [1.807, 2.05) is 24.0 Å². The normalized spacial score (nSPS) is 11.8. The molecule has 0 saturated heterocycles. The van der Waals surface area contributed by atoms with Crippen LogP contribution < -0.4 is 0 Å². The molecule has 0 aliphatic rings. The van der Waals surface area contributed by atoms with Crippen molar-refractivity contribution in [1.82, 2.24) is 9.88 Å². The summed E-state index contributed by atoms with van der Waals surface area (Å²) >= 11 is 0. The van der Waals surface area contributed by atoms with Crippen LogP contribution >= 0.6 is 0 Å². The second-order valence-corrected chi connectivity index (χ2v) is 4.24. The van der Waals surface area contributed by atoms with Crippen LogP contribution in [0, 0.1) is 0 Å². The number of likely N-dealkylation sites (N-methyl/N-ethyl adjacent to an activating group) is 1. The Kier molecular flexibility index (Phi) is 4.01. The van der Waals surface area contributed by atoms with Gasteiger partial charge < -0.3 is 5.11 Å². The van der Waals surface area contributed by atoms with Crippen LogP contribution in [-0.4, -0.2) is 33.0 Å². The molecule has 1 N–H and O–H groups in total. The number of rotatable bonds is 5. The molecule has 4 nitrogen and oxygen atoms in total. The lowest BCUT2D eigenvalue weighted by Gasteiger charge is -2.34. The molecule has 1 aromatic rings. The van der Waals surface area contributed by atoms with Gasteiger partial charge in [0.15, 0.2) is 0 Å². The van der Waals surface area contributed by atoms with Gasteiger partial charge in [0.25, 0.3) is 0 Å². The summed E-state index contributed by atoms with van der Waals surface area (Å²) in [6.07, 6.45) is 3.47. The largest absolute Gasteiger partial charge is 0.480 e. The van der Waals surface area contributed by atoms with E-state index in [1.54, 1.807) is 26.2 Å². The third-order valence-corrected chi connectivity index (χ3v) is 2.79. The maximum atomic E-state index is 11.2. The van der Waals surface area contributed by atoms with Crippen molar-refractivity contribution in [2.24, 2.45) is 0 Å². The van der Waals surface area contributed by atoms with Crippen LogP contribution in [0.15, 0.2) is 24.5 Å². The fourth-order valence-electron chi connectivity index (χ4n) is 1.55. The molecule has 1 aromatic heterocycles. The summed E-state index contributed by atoms with van der Waals surface area (Å²) < 4.78 is 0. The Labute approximate surface area is 95.9 Å². The highest BCUT2D eigenvalue weighted by Crippen LogP contribution is 2.17. The first-order valence-electron chi connectivity index (χ1n) is 5.35. The highest BCUT2D eigenvalue weighted by Gasteiger charge is 2.33. The SMILES string of the molecule is CCN(Cc1cccnc1)C(C)(C)C(=O)O. The molecule has 0 amide bonds. The molecular formula is C12H18N2O2. The van der Waals surface area contributed by atoms with Crippen molar-refractivity contribution in [1.29, 1.82) is 0 Å². The van der Waals surface area contributed by atoms with Gasteiger partial charge >= 0.3 is 5.97 Å². The summed E-state index contributed by atoms with van der Waals surface area (Å²) in [5.74, 6) is -0.807. The second-order valence-electron chi connectivity index (χ2n) is 4.24. The molecule has 88 valence electrons. The molecule has 0 aliphatic heterocycles. The molecule has 16 heavy (non-hydrogen) atoms. The van der Waals surface area contributed by atoms with Crippen molar-refractivity contribution >= 4 is 5.97 Å². The number of nitrogens with zero attached hydrogens (tertiary/aromatic N) is 2. The summed E-state index contributed by atoms with van der Waals surface area (Å²) in [5.41, 5.74) is 0.170. The number of carboxylic acids is 1. The Balaban J connectivity index is 2.81. The van der Waals surface area contributed by atoms with Crippen LogP contribution in [0.1, 0.15) is 26.3 Å². The number of carbonyl (C=O) groups is 1. The van der Waals surface area contributed by atoms with E-state index in [1.165, 1.54) is 0 Å². The van der Waals surface area contributed by atoms with Crippen molar-refractivity contribution < 1.29 is 9.90 Å². The smallest absolute Gasteiger partial charge is 0.323 e. The van der Waals surface area contributed by atoms with Crippen LogP contribution in [-0.2, 0) is 11.3 Å². The first-order chi connectivity index (χ1) is 7.48. The van der Waals surface area contributed by atoms with Gasteiger partial charge in [-0.05, 0) is 32.0 Å². The maximum absolute atomic E-state index is 11.2. The number of pyridine rings is 1. The van der Waals surface area contributed by atoms with Gasteiger partial charge in [-0.1, -0.05) is 13.0 Å². The van der Waals surface area contributed by atoms with Crippen LogP contribution in [0.4, 0.5) is 0 Å². The number of carboxylic acid groups (broad SMARTS) is 1. The van der Waals surface area contributed by atoms with E-state index in [-0.39, 0.29) is 0 Å². The van der Waals surface area contributed by atoms with E-state index in [0.29, 0.717) is 13.1 Å². The number of hydrogen-bond donors (Lipinski definition) is 1. The standard InChI is InChI=1S/C12H18N2O2/c1-4-14(12(2,3)11(15)16)9-10-6-5-7-13-8-10/h5-8H,4,9H2,1-3H3,(H,15,16). The average molecular weight is 222 g/mol. The van der Waals surface area contributed by atoms with E-state index < -0.39 is 11.5 Å². The first kappa shape index (κ1) is 12.6. The van der Waals surface area contributed by atoms with E-state index in [4.69, 9.17) is 5.11 Å². The molecule has 0 spiro atoms. The highest BCUT2D eigenvalue weighted by molar-refractivity contribution is 5.77. The fourth-order valence-corrected chi connectivity index (χ4v) is 1.55. The zero-order valence-electron chi connectivity index (χ0n) is 9.97. The minimum atomic E-state index is -0.857. The minimum absolute atomic E-state index is 0.601. The zero-order valence-corrected chi connectivity index (χ0v) is 9.97. The van der Waals surface area contributed by atoms with Crippen molar-refractivity contribution in [3.05, 3.63) is 30.1 Å². The Morgan fingerprint density at radius 3 is 2.69 bits per heavy atom. The lowest BCUT2D eigenvalue weighted by molar-refractivity contribution is -0.149. The second kappa shape index (κ2) is 5.07. The average Bonchev–Trinajstić information content (AvgIpc) is 2.26. The van der Waals surface area contributed by atoms with E-state index in [9.17, 15) is 4.79 Å². The van der Waals surface area contributed by atoms with Gasteiger partial charge in [-0.15, -0.1) is 0 Å². The lowest BCUT2D eigenvalue weighted by atomic mass is 10.0. The van der Waals surface area contributed by atoms with E-state index in [0.717, 1.165) is 5.56 Å². The third kappa shape index (κ3) is 2.79. The summed E-state index contributed by atoms with van der Waals surface area (Å²) in [6.45, 7) is 6.68. The van der Waals surface area contributed by atoms with Gasteiger partial charge in [0.1, 0.15) is 5.54 Å². The summed E-state index contributed by atoms with van der Waals surface area (Å²) in [5, 5.41) is 9.16. The highest BCUT2D eigenvalue weighted by atomic mass is 16.4. The van der Waals surface area contributed by atoms with Gasteiger partial charge in [0, 0.05) is 18.9 Å². The van der Waals surface area contributed by atoms with Gasteiger partial charge in [-0.25, -0.2) is 0 Å². The maximum Gasteiger partial charge on any atom is 0.323 e. The number of hydrogen-bond acceptors (Lipinski definition) is 3. The van der Waals surface area contributed by atoms with Gasteiger partial charge in [-0.2, -0.15) is 0 Å². The fraction of sp³-hybridized carbons (Fsp3) is 0.500. The molecule has 0 aromatic carbocycles. The molecule has 1 rings (SSSR count). The molecule has 0 radical (unpaired) electrons. The van der Waals surface area contributed by atoms with E-state index >= 15 is 0 Å². The molecule has 0 saturated carbocycles. The quantitative estimate of drug-likeness (QED) is 0.825. The Morgan fingerprint density at radius 2 is 2.25 bits per heavy atom. The van der Waals surface area contributed by atoms with Crippen molar-refractivity contribution in [2.45, 2.75) is 32.9 Å². The molecule has 4 heteroatoms. The number of aromatic nitrogens is 1. The van der Waals surface area contributed by atoms with Crippen molar-refractivity contribution in [3.8, 4) is 0 Å². The third-order valence-electron chi connectivity index (χ3n) is 2.79. The molecule has 1 heterocycles. The van der Waals surface area contributed by atoms with Crippen LogP contribution in [0.25, 0.3) is 0 Å². The minimum Gasteiger partial charge on any atom is -0.480 e. The molecule has 0 fully saturated rings. The zero-order chi connectivity index (χ0) is 12.2. The number of aliphatic carboxylic acids is 1. The lowest BCUT2D eigenvalue weighted by Crippen LogP contribution is -2.49. The van der Waals surface area contributed by atoms with Gasteiger partial charge in [0.05, 0.1) is 0 Å². The van der Waals surface area contributed by atoms with E-state index in [2.05, 4.69) is 4.98 Å². The topological polar surface area (TPSA) is 53.4 Å². The van der Waals surface area contributed by atoms with Crippen LogP contribution in [0.5, 0.6) is 0 Å². The van der Waals surface area contributed by atoms with Gasteiger partial charge in [0.2, 0.25) is 0 Å². The molecule has 0 aliphatic carbocycles.